The van der Waals surface area contributed by atoms with Crippen molar-refractivity contribution in [1.29, 1.82) is 0 Å². The van der Waals surface area contributed by atoms with Crippen molar-refractivity contribution in [2.24, 2.45) is 0 Å². The summed E-state index contributed by atoms with van der Waals surface area (Å²) in [6, 6.07) is 12.0. The van der Waals surface area contributed by atoms with E-state index in [1.165, 1.54) is 41.7 Å². The van der Waals surface area contributed by atoms with Gasteiger partial charge in [-0.05, 0) is 43.2 Å². The lowest BCUT2D eigenvalue weighted by molar-refractivity contribution is 0.0473. The van der Waals surface area contributed by atoms with Gasteiger partial charge in [0.05, 0.1) is 17.6 Å². The number of carbonyl (C=O) groups is 1. The maximum atomic E-state index is 12.7. The van der Waals surface area contributed by atoms with E-state index in [4.69, 9.17) is 13.9 Å². The molecule has 0 radical (unpaired) electrons. The van der Waals surface area contributed by atoms with Gasteiger partial charge >= 0.3 is 11.6 Å². The van der Waals surface area contributed by atoms with Crippen LogP contribution in [0.5, 0.6) is 5.75 Å². The summed E-state index contributed by atoms with van der Waals surface area (Å²) in [5.41, 5.74) is 0.333. The van der Waals surface area contributed by atoms with Crippen molar-refractivity contribution in [2.75, 3.05) is 20.2 Å². The Bertz CT molecular complexity index is 1290. The van der Waals surface area contributed by atoms with Crippen LogP contribution in [0.1, 0.15) is 28.8 Å². The molecule has 1 aliphatic rings. The predicted octanol–water partition coefficient (Wildman–Crippen LogP) is 2.94. The minimum atomic E-state index is -3.64. The van der Waals surface area contributed by atoms with Crippen molar-refractivity contribution in [3.8, 4) is 5.75 Å². The molecule has 4 rings (SSSR count). The molecular formula is C22H21NO7S. The second-order valence-electron chi connectivity index (χ2n) is 7.17. The molecule has 31 heavy (non-hydrogen) atoms. The Labute approximate surface area is 179 Å². The minimum Gasteiger partial charge on any atom is -0.497 e. The van der Waals surface area contributed by atoms with Crippen LogP contribution in [0, 0.1) is 0 Å². The zero-order valence-corrected chi connectivity index (χ0v) is 17.7. The van der Waals surface area contributed by atoms with Gasteiger partial charge in [-0.15, -0.1) is 0 Å². The van der Waals surface area contributed by atoms with Gasteiger partial charge in [0.2, 0.25) is 10.0 Å². The molecule has 0 saturated carbocycles. The zero-order chi connectivity index (χ0) is 22.0. The quantitative estimate of drug-likeness (QED) is 0.426. The molecule has 9 heteroatoms. The van der Waals surface area contributed by atoms with E-state index in [0.29, 0.717) is 35.4 Å². The van der Waals surface area contributed by atoms with Crippen molar-refractivity contribution in [3.05, 3.63) is 70.1 Å². The molecule has 8 nitrogen and oxygen atoms in total. The van der Waals surface area contributed by atoms with Crippen molar-refractivity contribution < 1.29 is 27.1 Å². The molecule has 0 spiro atoms. The van der Waals surface area contributed by atoms with Crippen LogP contribution in [0.2, 0.25) is 0 Å². The second-order valence-corrected chi connectivity index (χ2v) is 9.11. The van der Waals surface area contributed by atoms with Crippen LogP contribution >= 0.6 is 0 Å². The minimum absolute atomic E-state index is 0.0572. The Balaban J connectivity index is 1.55. The molecular weight excluding hydrogens is 422 g/mol. The van der Waals surface area contributed by atoms with Crippen molar-refractivity contribution in [2.45, 2.75) is 24.3 Å². The average Bonchev–Trinajstić information content (AvgIpc) is 3.32. The molecule has 162 valence electrons. The number of hydrogen-bond acceptors (Lipinski definition) is 7. The van der Waals surface area contributed by atoms with E-state index in [9.17, 15) is 18.0 Å². The number of hydrogen-bond donors (Lipinski definition) is 0. The molecule has 1 fully saturated rings. The summed E-state index contributed by atoms with van der Waals surface area (Å²) >= 11 is 0. The molecule has 0 N–H and O–H groups in total. The number of sulfonamides is 1. The van der Waals surface area contributed by atoms with E-state index in [0.717, 1.165) is 12.8 Å². The summed E-state index contributed by atoms with van der Waals surface area (Å²) in [5, 5.41) is 0.610. The number of ether oxygens (including phenoxy) is 2. The number of rotatable bonds is 6. The van der Waals surface area contributed by atoms with E-state index in [1.807, 2.05) is 0 Å². The van der Waals surface area contributed by atoms with Crippen LogP contribution < -0.4 is 10.4 Å². The van der Waals surface area contributed by atoms with Gasteiger partial charge in [0.1, 0.15) is 17.9 Å². The molecule has 2 aromatic carbocycles. The SMILES string of the molecule is COc1ccc2c(COC(=O)c3cccc(S(=O)(=O)N4CCCC4)c3)cc(=O)oc2c1. The van der Waals surface area contributed by atoms with Gasteiger partial charge in [-0.25, -0.2) is 18.0 Å². The lowest BCUT2D eigenvalue weighted by atomic mass is 10.1. The molecule has 3 aromatic rings. The fourth-order valence-corrected chi connectivity index (χ4v) is 5.11. The van der Waals surface area contributed by atoms with Gasteiger partial charge in [0.25, 0.3) is 0 Å². The molecule has 1 aliphatic heterocycles. The van der Waals surface area contributed by atoms with E-state index in [2.05, 4.69) is 0 Å². The Kier molecular flexibility index (Phi) is 5.79. The molecule has 0 amide bonds. The van der Waals surface area contributed by atoms with Crippen molar-refractivity contribution in [1.82, 2.24) is 4.31 Å². The Morgan fingerprint density at radius 2 is 1.87 bits per heavy atom. The Morgan fingerprint density at radius 3 is 2.61 bits per heavy atom. The van der Waals surface area contributed by atoms with Crippen LogP contribution in [0.25, 0.3) is 11.0 Å². The maximum Gasteiger partial charge on any atom is 0.338 e. The molecule has 0 unspecified atom stereocenters. The number of carbonyl (C=O) groups excluding carboxylic acids is 1. The zero-order valence-electron chi connectivity index (χ0n) is 16.9. The number of methoxy groups -OCH3 is 1. The topological polar surface area (TPSA) is 103 Å². The second kappa shape index (κ2) is 8.52. The number of nitrogens with zero attached hydrogens (tertiary/aromatic N) is 1. The Hall–Kier alpha value is -3.17. The highest BCUT2D eigenvalue weighted by atomic mass is 32.2. The van der Waals surface area contributed by atoms with Gasteiger partial charge in [0, 0.05) is 36.2 Å². The van der Waals surface area contributed by atoms with Crippen LogP contribution in [0.3, 0.4) is 0 Å². The highest BCUT2D eigenvalue weighted by molar-refractivity contribution is 7.89. The lowest BCUT2D eigenvalue weighted by Crippen LogP contribution is -2.28. The van der Waals surface area contributed by atoms with Crippen molar-refractivity contribution in [3.63, 3.8) is 0 Å². The summed E-state index contributed by atoms with van der Waals surface area (Å²) in [5.74, 6) is -0.158. The van der Waals surface area contributed by atoms with E-state index in [1.54, 1.807) is 18.2 Å². The third-order valence-corrected chi connectivity index (χ3v) is 7.06. The summed E-state index contributed by atoms with van der Waals surface area (Å²) in [7, 11) is -2.14. The number of esters is 1. The first-order valence-corrected chi connectivity index (χ1v) is 11.2. The lowest BCUT2D eigenvalue weighted by Gasteiger charge is -2.16. The van der Waals surface area contributed by atoms with Crippen LogP contribution in [-0.2, 0) is 21.4 Å². The highest BCUT2D eigenvalue weighted by Crippen LogP contribution is 2.24. The summed E-state index contributed by atoms with van der Waals surface area (Å²) in [6.45, 7) is 0.785. The molecule has 0 bridgehead atoms. The van der Waals surface area contributed by atoms with E-state index < -0.39 is 21.6 Å². The van der Waals surface area contributed by atoms with Crippen LogP contribution in [0.4, 0.5) is 0 Å². The highest BCUT2D eigenvalue weighted by Gasteiger charge is 2.27. The summed E-state index contributed by atoms with van der Waals surface area (Å²) in [4.78, 5) is 24.5. The first kappa shape index (κ1) is 21.1. The van der Waals surface area contributed by atoms with Gasteiger partial charge in [-0.1, -0.05) is 6.07 Å². The molecule has 0 atom stereocenters. The Morgan fingerprint density at radius 1 is 1.10 bits per heavy atom. The predicted molar refractivity (Wildman–Crippen MR) is 113 cm³/mol. The third kappa shape index (κ3) is 4.33. The fraction of sp³-hybridized carbons (Fsp3) is 0.273. The smallest absolute Gasteiger partial charge is 0.338 e. The van der Waals surface area contributed by atoms with Gasteiger partial charge in [-0.3, -0.25) is 0 Å². The summed E-state index contributed by atoms with van der Waals surface area (Å²) < 4.78 is 42.6. The number of benzene rings is 2. The van der Waals surface area contributed by atoms with Gasteiger partial charge < -0.3 is 13.9 Å². The van der Waals surface area contributed by atoms with Gasteiger partial charge in [-0.2, -0.15) is 4.31 Å². The van der Waals surface area contributed by atoms with E-state index in [-0.39, 0.29) is 17.1 Å². The molecule has 0 aliphatic carbocycles. The van der Waals surface area contributed by atoms with E-state index >= 15 is 0 Å². The first-order chi connectivity index (χ1) is 14.9. The maximum absolute atomic E-state index is 12.7. The number of fused-ring (bicyclic) bond motifs is 1. The largest absolute Gasteiger partial charge is 0.497 e. The normalized spacial score (nSPS) is 14.6. The molecule has 2 heterocycles. The monoisotopic (exact) mass is 443 g/mol. The molecule has 1 saturated heterocycles. The van der Waals surface area contributed by atoms with Gasteiger partial charge in [0.15, 0.2) is 0 Å². The standard InChI is InChI=1S/C22H21NO7S/c1-28-17-7-8-19-16(12-21(24)30-20(19)13-17)14-29-22(25)15-5-4-6-18(11-15)31(26,27)23-9-2-3-10-23/h4-8,11-13H,2-3,9-10,14H2,1H3. The molecule has 1 aromatic heterocycles. The first-order valence-electron chi connectivity index (χ1n) is 9.76. The fourth-order valence-electron chi connectivity index (χ4n) is 3.54. The van der Waals surface area contributed by atoms with Crippen LogP contribution in [0.15, 0.2) is 62.6 Å². The third-order valence-electron chi connectivity index (χ3n) is 5.17. The van der Waals surface area contributed by atoms with Crippen molar-refractivity contribution >= 4 is 27.0 Å². The van der Waals surface area contributed by atoms with Crippen LogP contribution in [-0.4, -0.2) is 38.9 Å². The summed E-state index contributed by atoms with van der Waals surface area (Å²) in [6.07, 6.45) is 1.65. The average molecular weight is 443 g/mol.